The number of pyridine rings is 1. The fraction of sp³-hybridized carbons (Fsp3) is 0.0192. The van der Waals surface area contributed by atoms with E-state index in [1.807, 2.05) is 30.5 Å². The standard InChI is InChI=1S/C52H35N3/c1-4-14-40(15-5-1)51-54-48(38-29-25-36(26-30-38)41-16-13-33-53-35-41)34-49(55-51)39-31-27-37(28-32-39)44-22-12-24-47-50(44)45-21-10-11-23-46(45)52(47,42-17-6-2-7-18-42)43-19-8-3-9-20-43/h1-35H. The highest BCUT2D eigenvalue weighted by molar-refractivity contribution is 5.95. The molecule has 0 aliphatic heterocycles. The Morgan fingerprint density at radius 3 is 1.47 bits per heavy atom. The molecule has 0 radical (unpaired) electrons. The molecule has 0 saturated heterocycles. The van der Waals surface area contributed by atoms with Crippen LogP contribution in [0.1, 0.15) is 22.3 Å². The summed E-state index contributed by atoms with van der Waals surface area (Å²) in [5, 5.41) is 0. The lowest BCUT2D eigenvalue weighted by atomic mass is 9.67. The van der Waals surface area contributed by atoms with E-state index in [0.29, 0.717) is 5.82 Å². The van der Waals surface area contributed by atoms with Crippen LogP contribution in [0.2, 0.25) is 0 Å². The van der Waals surface area contributed by atoms with E-state index in [-0.39, 0.29) is 0 Å². The number of hydrogen-bond acceptors (Lipinski definition) is 3. The molecule has 0 spiro atoms. The van der Waals surface area contributed by atoms with Crippen LogP contribution in [0.3, 0.4) is 0 Å². The maximum Gasteiger partial charge on any atom is 0.160 e. The highest BCUT2D eigenvalue weighted by Gasteiger charge is 2.46. The largest absolute Gasteiger partial charge is 0.264 e. The second kappa shape index (κ2) is 13.6. The van der Waals surface area contributed by atoms with Crippen LogP contribution in [0.25, 0.3) is 67.3 Å². The molecule has 1 aliphatic rings. The topological polar surface area (TPSA) is 38.7 Å². The first-order chi connectivity index (χ1) is 27.3. The summed E-state index contributed by atoms with van der Waals surface area (Å²) in [6.45, 7) is 0. The van der Waals surface area contributed by atoms with Crippen LogP contribution in [0.5, 0.6) is 0 Å². The van der Waals surface area contributed by atoms with Gasteiger partial charge in [0, 0.05) is 29.1 Å². The Morgan fingerprint density at radius 2 is 0.855 bits per heavy atom. The second-order valence-electron chi connectivity index (χ2n) is 14.0. The van der Waals surface area contributed by atoms with E-state index in [9.17, 15) is 0 Å². The zero-order valence-electron chi connectivity index (χ0n) is 30.0. The van der Waals surface area contributed by atoms with Gasteiger partial charge in [-0.3, -0.25) is 4.98 Å². The molecule has 258 valence electrons. The van der Waals surface area contributed by atoms with Crippen molar-refractivity contribution < 1.29 is 0 Å². The van der Waals surface area contributed by atoms with Crippen molar-refractivity contribution >= 4 is 0 Å². The normalized spacial score (nSPS) is 12.5. The highest BCUT2D eigenvalue weighted by atomic mass is 14.9. The van der Waals surface area contributed by atoms with Crippen molar-refractivity contribution in [3.8, 4) is 67.3 Å². The van der Waals surface area contributed by atoms with Crippen LogP contribution in [0.15, 0.2) is 213 Å². The zero-order valence-corrected chi connectivity index (χ0v) is 30.0. The van der Waals surface area contributed by atoms with Gasteiger partial charge in [-0.2, -0.15) is 0 Å². The quantitative estimate of drug-likeness (QED) is 0.166. The summed E-state index contributed by atoms with van der Waals surface area (Å²) in [6, 6.07) is 71.4. The van der Waals surface area contributed by atoms with Gasteiger partial charge in [-0.15, -0.1) is 0 Å². The number of fused-ring (bicyclic) bond motifs is 3. The number of nitrogens with zero attached hydrogens (tertiary/aromatic N) is 3. The Morgan fingerprint density at radius 1 is 0.345 bits per heavy atom. The molecule has 1 aliphatic carbocycles. The molecule has 0 bridgehead atoms. The zero-order chi connectivity index (χ0) is 36.6. The third kappa shape index (κ3) is 5.57. The Bertz CT molecular complexity index is 2720. The number of hydrogen-bond donors (Lipinski definition) is 0. The first-order valence-corrected chi connectivity index (χ1v) is 18.7. The van der Waals surface area contributed by atoms with E-state index < -0.39 is 5.41 Å². The first kappa shape index (κ1) is 32.4. The van der Waals surface area contributed by atoms with Crippen molar-refractivity contribution in [3.63, 3.8) is 0 Å². The lowest BCUT2D eigenvalue weighted by molar-refractivity contribution is 0.768. The number of aromatic nitrogens is 3. The first-order valence-electron chi connectivity index (χ1n) is 18.7. The van der Waals surface area contributed by atoms with Crippen LogP contribution in [0.4, 0.5) is 0 Å². The average Bonchev–Trinajstić information content (AvgIpc) is 3.59. The molecular formula is C52H35N3. The Labute approximate surface area is 321 Å². The minimum absolute atomic E-state index is 0.439. The summed E-state index contributed by atoms with van der Waals surface area (Å²) in [7, 11) is 0. The van der Waals surface area contributed by atoms with Gasteiger partial charge < -0.3 is 0 Å². The molecule has 10 rings (SSSR count). The molecule has 7 aromatic carbocycles. The SMILES string of the molecule is c1ccc(-c2nc(-c3ccc(-c4cccnc4)cc3)cc(-c3ccc(-c4cccc5c4-c4ccccc4C5(c4ccccc4)c4ccccc4)cc3)n2)cc1. The van der Waals surface area contributed by atoms with Crippen molar-refractivity contribution in [2.45, 2.75) is 5.41 Å². The van der Waals surface area contributed by atoms with Gasteiger partial charge >= 0.3 is 0 Å². The number of rotatable bonds is 7. The lowest BCUT2D eigenvalue weighted by Crippen LogP contribution is -2.28. The predicted octanol–water partition coefficient (Wildman–Crippen LogP) is 12.6. The molecule has 3 nitrogen and oxygen atoms in total. The molecule has 9 aromatic rings. The van der Waals surface area contributed by atoms with Crippen molar-refractivity contribution in [2.24, 2.45) is 0 Å². The van der Waals surface area contributed by atoms with Gasteiger partial charge in [-0.05, 0) is 67.8 Å². The Balaban J connectivity index is 1.09. The third-order valence-corrected chi connectivity index (χ3v) is 10.9. The van der Waals surface area contributed by atoms with Crippen LogP contribution in [-0.2, 0) is 5.41 Å². The summed E-state index contributed by atoms with van der Waals surface area (Å²) in [4.78, 5) is 14.5. The molecule has 2 heterocycles. The van der Waals surface area contributed by atoms with Gasteiger partial charge in [0.2, 0.25) is 0 Å². The average molecular weight is 702 g/mol. The summed E-state index contributed by atoms with van der Waals surface area (Å²) >= 11 is 0. The lowest BCUT2D eigenvalue weighted by Gasteiger charge is -2.34. The van der Waals surface area contributed by atoms with Crippen LogP contribution in [0, 0.1) is 0 Å². The second-order valence-corrected chi connectivity index (χ2v) is 14.0. The molecule has 0 unspecified atom stereocenters. The number of benzene rings is 7. The van der Waals surface area contributed by atoms with Gasteiger partial charge in [-0.1, -0.05) is 188 Å². The monoisotopic (exact) mass is 701 g/mol. The molecule has 0 amide bonds. The van der Waals surface area contributed by atoms with E-state index in [4.69, 9.17) is 9.97 Å². The van der Waals surface area contributed by atoms with E-state index in [1.54, 1.807) is 6.20 Å². The molecule has 0 fully saturated rings. The predicted molar refractivity (Wildman–Crippen MR) is 224 cm³/mol. The van der Waals surface area contributed by atoms with Gasteiger partial charge in [0.25, 0.3) is 0 Å². The van der Waals surface area contributed by atoms with Gasteiger partial charge in [0.1, 0.15) is 0 Å². The molecule has 0 saturated carbocycles. The van der Waals surface area contributed by atoms with Crippen LogP contribution in [-0.4, -0.2) is 15.0 Å². The van der Waals surface area contributed by atoms with Crippen LogP contribution < -0.4 is 0 Å². The van der Waals surface area contributed by atoms with Crippen molar-refractivity contribution in [1.82, 2.24) is 15.0 Å². The van der Waals surface area contributed by atoms with E-state index in [0.717, 1.165) is 44.8 Å². The minimum atomic E-state index is -0.439. The fourth-order valence-electron chi connectivity index (χ4n) is 8.38. The fourth-order valence-corrected chi connectivity index (χ4v) is 8.38. The van der Waals surface area contributed by atoms with Gasteiger partial charge in [-0.25, -0.2) is 9.97 Å². The summed E-state index contributed by atoms with van der Waals surface area (Å²) in [5.74, 6) is 0.698. The molecular weight excluding hydrogens is 667 g/mol. The molecule has 55 heavy (non-hydrogen) atoms. The third-order valence-electron chi connectivity index (χ3n) is 10.9. The summed E-state index contributed by atoms with van der Waals surface area (Å²) < 4.78 is 0. The van der Waals surface area contributed by atoms with Gasteiger partial charge in [0.15, 0.2) is 5.82 Å². The summed E-state index contributed by atoms with van der Waals surface area (Å²) in [6.07, 6.45) is 3.69. The van der Waals surface area contributed by atoms with Gasteiger partial charge in [0.05, 0.1) is 16.8 Å². The smallest absolute Gasteiger partial charge is 0.160 e. The maximum atomic E-state index is 5.12. The summed E-state index contributed by atoms with van der Waals surface area (Å²) in [5.41, 5.74) is 16.6. The Hall–Kier alpha value is -7.23. The van der Waals surface area contributed by atoms with Crippen molar-refractivity contribution in [1.29, 1.82) is 0 Å². The van der Waals surface area contributed by atoms with Crippen molar-refractivity contribution in [3.05, 3.63) is 235 Å². The van der Waals surface area contributed by atoms with Crippen molar-refractivity contribution in [2.75, 3.05) is 0 Å². The highest BCUT2D eigenvalue weighted by Crippen LogP contribution is 2.58. The van der Waals surface area contributed by atoms with Crippen LogP contribution >= 0.6 is 0 Å². The maximum absolute atomic E-state index is 5.12. The molecule has 0 N–H and O–H groups in total. The minimum Gasteiger partial charge on any atom is -0.264 e. The molecule has 2 aromatic heterocycles. The van der Waals surface area contributed by atoms with E-state index >= 15 is 0 Å². The molecule has 3 heteroatoms. The van der Waals surface area contributed by atoms with E-state index in [1.165, 1.54) is 38.9 Å². The van der Waals surface area contributed by atoms with E-state index in [2.05, 4.69) is 181 Å². The Kier molecular flexibility index (Phi) is 8.04. The molecule has 0 atom stereocenters.